The molecule has 2 aliphatic heterocycles. The number of anilines is 1. The van der Waals surface area contributed by atoms with Crippen molar-refractivity contribution in [3.05, 3.63) is 42.0 Å². The number of hydrogen-bond donors (Lipinski definition) is 0. The van der Waals surface area contributed by atoms with Crippen LogP contribution in [0.1, 0.15) is 5.56 Å². The van der Waals surface area contributed by atoms with E-state index >= 15 is 0 Å². The molecule has 2 heterocycles. The quantitative estimate of drug-likeness (QED) is 0.848. The largest absolute Gasteiger partial charge is 0.497 e. The SMILES string of the molecule is COc1ccc(N2COc3cc4c(cc3C2)OCO4)cc1. The monoisotopic (exact) mass is 285 g/mol. The molecule has 0 atom stereocenters. The van der Waals surface area contributed by atoms with Gasteiger partial charge in [-0.25, -0.2) is 0 Å². The van der Waals surface area contributed by atoms with Crippen molar-refractivity contribution in [3.63, 3.8) is 0 Å². The molecular weight excluding hydrogens is 270 g/mol. The van der Waals surface area contributed by atoms with E-state index in [0.29, 0.717) is 6.73 Å². The first-order valence-electron chi connectivity index (χ1n) is 6.78. The predicted octanol–water partition coefficient (Wildman–Crippen LogP) is 2.78. The van der Waals surface area contributed by atoms with E-state index in [1.54, 1.807) is 7.11 Å². The molecular formula is C16H15NO4. The molecule has 2 aromatic carbocycles. The topological polar surface area (TPSA) is 40.2 Å². The molecule has 0 spiro atoms. The van der Waals surface area contributed by atoms with Crippen LogP contribution >= 0.6 is 0 Å². The lowest BCUT2D eigenvalue weighted by Gasteiger charge is -2.31. The van der Waals surface area contributed by atoms with Crippen molar-refractivity contribution in [2.24, 2.45) is 0 Å². The van der Waals surface area contributed by atoms with Crippen LogP contribution in [0.15, 0.2) is 36.4 Å². The van der Waals surface area contributed by atoms with Crippen molar-refractivity contribution >= 4 is 5.69 Å². The number of nitrogens with zero attached hydrogens (tertiary/aromatic N) is 1. The maximum absolute atomic E-state index is 5.83. The zero-order chi connectivity index (χ0) is 14.2. The van der Waals surface area contributed by atoms with E-state index in [9.17, 15) is 0 Å². The number of ether oxygens (including phenoxy) is 4. The molecule has 108 valence electrons. The molecule has 0 saturated carbocycles. The standard InChI is InChI=1S/C16H15NO4/c1-18-13-4-2-12(3-5-13)17-8-11-6-15-16(21-10-20-15)7-14(11)19-9-17/h2-7H,8-10H2,1H3. The lowest BCUT2D eigenvalue weighted by Crippen LogP contribution is -2.31. The fourth-order valence-electron chi connectivity index (χ4n) is 2.58. The highest BCUT2D eigenvalue weighted by molar-refractivity contribution is 5.56. The molecule has 0 fully saturated rings. The van der Waals surface area contributed by atoms with Crippen LogP contribution in [0.25, 0.3) is 0 Å². The molecule has 0 N–H and O–H groups in total. The number of benzene rings is 2. The molecule has 0 bridgehead atoms. The van der Waals surface area contributed by atoms with Crippen LogP contribution in [0.2, 0.25) is 0 Å². The van der Waals surface area contributed by atoms with Crippen LogP contribution in [-0.2, 0) is 6.54 Å². The Labute approximate surface area is 122 Å². The van der Waals surface area contributed by atoms with Gasteiger partial charge >= 0.3 is 0 Å². The van der Waals surface area contributed by atoms with E-state index in [1.807, 2.05) is 36.4 Å². The first-order chi connectivity index (χ1) is 10.3. The smallest absolute Gasteiger partial charge is 0.231 e. The second-order valence-corrected chi connectivity index (χ2v) is 4.98. The minimum Gasteiger partial charge on any atom is -0.497 e. The normalized spacial score (nSPS) is 15.4. The first-order valence-corrected chi connectivity index (χ1v) is 6.78. The zero-order valence-corrected chi connectivity index (χ0v) is 11.7. The molecule has 0 saturated heterocycles. The summed E-state index contributed by atoms with van der Waals surface area (Å²) in [6.07, 6.45) is 0. The molecule has 2 aliphatic rings. The molecule has 0 aliphatic carbocycles. The van der Waals surface area contributed by atoms with Gasteiger partial charge in [-0.2, -0.15) is 0 Å². The summed E-state index contributed by atoms with van der Waals surface area (Å²) in [6, 6.07) is 11.9. The van der Waals surface area contributed by atoms with Gasteiger partial charge in [-0.15, -0.1) is 0 Å². The van der Waals surface area contributed by atoms with Crippen LogP contribution in [0.3, 0.4) is 0 Å². The average Bonchev–Trinajstić information content (AvgIpc) is 2.99. The van der Waals surface area contributed by atoms with Crippen LogP contribution in [0.5, 0.6) is 23.0 Å². The number of methoxy groups -OCH3 is 1. The van der Waals surface area contributed by atoms with Gasteiger partial charge in [-0.3, -0.25) is 0 Å². The van der Waals surface area contributed by atoms with Gasteiger partial charge < -0.3 is 23.8 Å². The molecule has 0 amide bonds. The van der Waals surface area contributed by atoms with Crippen LogP contribution in [-0.4, -0.2) is 20.6 Å². The van der Waals surface area contributed by atoms with E-state index in [4.69, 9.17) is 18.9 Å². The van der Waals surface area contributed by atoms with Crippen molar-refractivity contribution in [2.75, 3.05) is 25.5 Å². The van der Waals surface area contributed by atoms with Crippen molar-refractivity contribution in [3.8, 4) is 23.0 Å². The highest BCUT2D eigenvalue weighted by Gasteiger charge is 2.23. The minimum absolute atomic E-state index is 0.278. The summed E-state index contributed by atoms with van der Waals surface area (Å²) in [5.41, 5.74) is 2.19. The molecule has 21 heavy (non-hydrogen) atoms. The Morgan fingerprint density at radius 3 is 2.48 bits per heavy atom. The summed E-state index contributed by atoms with van der Waals surface area (Å²) < 4.78 is 21.8. The Kier molecular flexibility index (Phi) is 2.77. The maximum Gasteiger partial charge on any atom is 0.231 e. The van der Waals surface area contributed by atoms with E-state index in [0.717, 1.165) is 40.8 Å². The van der Waals surface area contributed by atoms with E-state index in [-0.39, 0.29) is 6.79 Å². The van der Waals surface area contributed by atoms with Gasteiger partial charge in [-0.1, -0.05) is 0 Å². The van der Waals surface area contributed by atoms with Crippen LogP contribution < -0.4 is 23.8 Å². The lowest BCUT2D eigenvalue weighted by molar-refractivity contribution is 0.174. The highest BCUT2D eigenvalue weighted by atomic mass is 16.7. The summed E-state index contributed by atoms with van der Waals surface area (Å²) in [4.78, 5) is 2.16. The first kappa shape index (κ1) is 12.2. The third-order valence-corrected chi connectivity index (χ3v) is 3.73. The fourth-order valence-corrected chi connectivity index (χ4v) is 2.58. The van der Waals surface area contributed by atoms with Gasteiger partial charge in [0.15, 0.2) is 18.2 Å². The third-order valence-electron chi connectivity index (χ3n) is 3.73. The molecule has 0 unspecified atom stereocenters. The molecule has 5 nitrogen and oxygen atoms in total. The second-order valence-electron chi connectivity index (χ2n) is 4.98. The summed E-state index contributed by atoms with van der Waals surface area (Å²) in [5, 5.41) is 0. The van der Waals surface area contributed by atoms with Crippen molar-refractivity contribution in [2.45, 2.75) is 6.54 Å². The van der Waals surface area contributed by atoms with Gasteiger partial charge in [0.05, 0.1) is 7.11 Å². The van der Waals surface area contributed by atoms with Gasteiger partial charge in [0.1, 0.15) is 11.5 Å². The van der Waals surface area contributed by atoms with Crippen LogP contribution in [0.4, 0.5) is 5.69 Å². The van der Waals surface area contributed by atoms with E-state index < -0.39 is 0 Å². The Bertz CT molecular complexity index is 669. The van der Waals surface area contributed by atoms with Crippen molar-refractivity contribution in [1.29, 1.82) is 0 Å². The summed E-state index contributed by atoms with van der Waals surface area (Å²) in [7, 11) is 1.66. The van der Waals surface area contributed by atoms with Crippen molar-refractivity contribution < 1.29 is 18.9 Å². The predicted molar refractivity (Wildman–Crippen MR) is 77.2 cm³/mol. The van der Waals surface area contributed by atoms with Crippen molar-refractivity contribution in [1.82, 2.24) is 0 Å². The van der Waals surface area contributed by atoms with Gasteiger partial charge in [0.25, 0.3) is 0 Å². The van der Waals surface area contributed by atoms with E-state index in [1.165, 1.54) is 0 Å². The molecule has 0 aromatic heterocycles. The molecule has 2 aromatic rings. The minimum atomic E-state index is 0.278. The number of fused-ring (bicyclic) bond motifs is 2. The summed E-state index contributed by atoms with van der Waals surface area (Å²) >= 11 is 0. The average molecular weight is 285 g/mol. The Morgan fingerprint density at radius 1 is 0.952 bits per heavy atom. The Balaban J connectivity index is 1.60. The van der Waals surface area contributed by atoms with Crippen LogP contribution in [0, 0.1) is 0 Å². The lowest BCUT2D eigenvalue weighted by atomic mass is 10.1. The van der Waals surface area contributed by atoms with Gasteiger partial charge in [-0.05, 0) is 30.3 Å². The number of hydrogen-bond acceptors (Lipinski definition) is 5. The number of rotatable bonds is 2. The van der Waals surface area contributed by atoms with Gasteiger partial charge in [0.2, 0.25) is 6.79 Å². The second kappa shape index (κ2) is 4.77. The summed E-state index contributed by atoms with van der Waals surface area (Å²) in [6.45, 7) is 1.57. The fraction of sp³-hybridized carbons (Fsp3) is 0.250. The molecule has 0 radical (unpaired) electrons. The van der Waals surface area contributed by atoms with Gasteiger partial charge in [0, 0.05) is 23.9 Å². The Hall–Kier alpha value is -2.56. The molecule has 5 heteroatoms. The summed E-state index contributed by atoms with van der Waals surface area (Å²) in [5.74, 6) is 3.25. The molecule has 4 rings (SSSR count). The Morgan fingerprint density at radius 2 is 1.71 bits per heavy atom. The highest BCUT2D eigenvalue weighted by Crippen LogP contribution is 2.40. The maximum atomic E-state index is 5.83. The third kappa shape index (κ3) is 2.11. The zero-order valence-electron chi connectivity index (χ0n) is 11.7. The van der Waals surface area contributed by atoms with E-state index in [2.05, 4.69) is 4.90 Å².